The molecule has 1 N–H and O–H groups in total. The molecule has 0 bridgehead atoms. The Morgan fingerprint density at radius 3 is 2.95 bits per heavy atom. The van der Waals surface area contributed by atoms with E-state index < -0.39 is 0 Å². The molecule has 1 saturated heterocycles. The van der Waals surface area contributed by atoms with Gasteiger partial charge in [-0.3, -0.25) is 4.98 Å². The molecular weight excluding hydrogens is 268 g/mol. The molecule has 2 nitrogen and oxygen atoms in total. The molecule has 0 radical (unpaired) electrons. The van der Waals surface area contributed by atoms with Crippen molar-refractivity contribution in [2.24, 2.45) is 0 Å². The molecule has 1 aliphatic heterocycles. The highest BCUT2D eigenvalue weighted by Gasteiger charge is 2.28. The summed E-state index contributed by atoms with van der Waals surface area (Å²) < 4.78 is 0. The number of aromatic nitrogens is 1. The molecular formula is C17H19ClN2. The SMILES string of the molecule is Cc1ccncc1C1CCNCC1c1cccc(Cl)c1. The quantitative estimate of drug-likeness (QED) is 0.905. The molecule has 2 aromatic rings. The molecule has 1 aromatic carbocycles. The van der Waals surface area contributed by atoms with Crippen molar-refractivity contribution < 1.29 is 0 Å². The Morgan fingerprint density at radius 2 is 2.15 bits per heavy atom. The van der Waals surface area contributed by atoms with Gasteiger partial charge in [0, 0.05) is 29.9 Å². The van der Waals surface area contributed by atoms with Crippen LogP contribution in [0.15, 0.2) is 42.7 Å². The van der Waals surface area contributed by atoms with Crippen LogP contribution < -0.4 is 5.32 Å². The second kappa shape index (κ2) is 5.94. The summed E-state index contributed by atoms with van der Waals surface area (Å²) in [6.07, 6.45) is 5.04. The van der Waals surface area contributed by atoms with Crippen molar-refractivity contribution in [2.45, 2.75) is 25.2 Å². The number of pyridine rings is 1. The average molecular weight is 287 g/mol. The largest absolute Gasteiger partial charge is 0.316 e. The monoisotopic (exact) mass is 286 g/mol. The fourth-order valence-electron chi connectivity index (χ4n) is 3.18. The lowest BCUT2D eigenvalue weighted by atomic mass is 9.77. The third kappa shape index (κ3) is 2.72. The van der Waals surface area contributed by atoms with E-state index in [1.165, 1.54) is 16.7 Å². The molecule has 3 rings (SSSR count). The van der Waals surface area contributed by atoms with Crippen LogP contribution in [0.25, 0.3) is 0 Å². The zero-order chi connectivity index (χ0) is 13.9. The van der Waals surface area contributed by atoms with Crippen LogP contribution in [0.4, 0.5) is 0 Å². The van der Waals surface area contributed by atoms with Crippen molar-refractivity contribution in [3.05, 3.63) is 64.4 Å². The maximum absolute atomic E-state index is 6.16. The fraction of sp³-hybridized carbons (Fsp3) is 0.353. The van der Waals surface area contributed by atoms with Gasteiger partial charge in [-0.1, -0.05) is 23.7 Å². The lowest BCUT2D eigenvalue weighted by molar-refractivity contribution is 0.402. The Hall–Kier alpha value is -1.38. The number of piperidine rings is 1. The van der Waals surface area contributed by atoms with Gasteiger partial charge < -0.3 is 5.32 Å². The summed E-state index contributed by atoms with van der Waals surface area (Å²) in [5.41, 5.74) is 4.02. The molecule has 1 fully saturated rings. The van der Waals surface area contributed by atoms with Crippen LogP contribution in [0, 0.1) is 6.92 Å². The first-order valence-electron chi connectivity index (χ1n) is 7.12. The molecule has 1 aromatic heterocycles. The van der Waals surface area contributed by atoms with Gasteiger partial charge in [0.1, 0.15) is 0 Å². The average Bonchev–Trinajstić information content (AvgIpc) is 2.48. The molecule has 1 aliphatic rings. The van der Waals surface area contributed by atoms with E-state index >= 15 is 0 Å². The van der Waals surface area contributed by atoms with Crippen molar-refractivity contribution in [3.8, 4) is 0 Å². The maximum Gasteiger partial charge on any atom is 0.0408 e. The number of aryl methyl sites for hydroxylation is 1. The molecule has 3 heteroatoms. The molecule has 0 amide bonds. The van der Waals surface area contributed by atoms with Gasteiger partial charge in [0.15, 0.2) is 0 Å². The minimum absolute atomic E-state index is 0.463. The van der Waals surface area contributed by atoms with Gasteiger partial charge in [-0.15, -0.1) is 0 Å². The topological polar surface area (TPSA) is 24.9 Å². The van der Waals surface area contributed by atoms with Gasteiger partial charge >= 0.3 is 0 Å². The van der Waals surface area contributed by atoms with Crippen LogP contribution >= 0.6 is 11.6 Å². The predicted octanol–water partition coefficient (Wildman–Crippen LogP) is 3.90. The van der Waals surface area contributed by atoms with Crippen molar-refractivity contribution in [1.82, 2.24) is 10.3 Å². The van der Waals surface area contributed by atoms with Gasteiger partial charge in [-0.2, -0.15) is 0 Å². The van der Waals surface area contributed by atoms with Crippen LogP contribution in [0.2, 0.25) is 5.02 Å². The van der Waals surface area contributed by atoms with Crippen LogP contribution in [0.3, 0.4) is 0 Å². The Labute approximate surface area is 125 Å². The number of nitrogens with zero attached hydrogens (tertiary/aromatic N) is 1. The highest BCUT2D eigenvalue weighted by atomic mass is 35.5. The molecule has 2 atom stereocenters. The van der Waals surface area contributed by atoms with E-state index in [0.29, 0.717) is 11.8 Å². The second-order valence-electron chi connectivity index (χ2n) is 5.49. The van der Waals surface area contributed by atoms with E-state index in [1.807, 2.05) is 24.5 Å². The summed E-state index contributed by atoms with van der Waals surface area (Å²) >= 11 is 6.16. The summed E-state index contributed by atoms with van der Waals surface area (Å²) in [6, 6.07) is 10.4. The maximum atomic E-state index is 6.16. The summed E-state index contributed by atoms with van der Waals surface area (Å²) in [5, 5.41) is 4.32. The van der Waals surface area contributed by atoms with Gasteiger partial charge in [-0.05, 0) is 60.7 Å². The third-order valence-corrected chi connectivity index (χ3v) is 4.47. The molecule has 0 spiro atoms. The number of rotatable bonds is 2. The minimum Gasteiger partial charge on any atom is -0.316 e. The summed E-state index contributed by atoms with van der Waals surface area (Å²) in [7, 11) is 0. The van der Waals surface area contributed by atoms with Crippen LogP contribution in [-0.4, -0.2) is 18.1 Å². The number of benzene rings is 1. The Bertz CT molecular complexity index is 597. The smallest absolute Gasteiger partial charge is 0.0408 e. The first-order valence-corrected chi connectivity index (χ1v) is 7.50. The Morgan fingerprint density at radius 1 is 1.25 bits per heavy atom. The number of nitrogens with one attached hydrogen (secondary N) is 1. The molecule has 20 heavy (non-hydrogen) atoms. The Kier molecular flexibility index (Phi) is 4.04. The first-order chi connectivity index (χ1) is 9.75. The van der Waals surface area contributed by atoms with Crippen molar-refractivity contribution >= 4 is 11.6 Å². The van der Waals surface area contributed by atoms with E-state index in [2.05, 4.69) is 35.4 Å². The van der Waals surface area contributed by atoms with Crippen molar-refractivity contribution in [2.75, 3.05) is 13.1 Å². The molecule has 0 saturated carbocycles. The number of halogens is 1. The molecule has 2 unspecified atom stereocenters. The van der Waals surface area contributed by atoms with E-state index in [1.54, 1.807) is 0 Å². The highest BCUT2D eigenvalue weighted by molar-refractivity contribution is 6.30. The first kappa shape index (κ1) is 13.6. The fourth-order valence-corrected chi connectivity index (χ4v) is 3.38. The lowest BCUT2D eigenvalue weighted by Crippen LogP contribution is -2.34. The zero-order valence-electron chi connectivity index (χ0n) is 11.6. The molecule has 104 valence electrons. The number of hydrogen-bond donors (Lipinski definition) is 1. The van der Waals surface area contributed by atoms with Gasteiger partial charge in [0.25, 0.3) is 0 Å². The third-order valence-electron chi connectivity index (χ3n) is 4.24. The standard InChI is InChI=1S/C17H19ClN2/c1-12-5-7-19-10-16(12)15-6-8-20-11-17(15)13-3-2-4-14(18)9-13/h2-5,7,9-10,15,17,20H,6,8,11H2,1H3. The van der Waals surface area contributed by atoms with Crippen LogP contribution in [0.1, 0.15) is 34.9 Å². The van der Waals surface area contributed by atoms with E-state index in [4.69, 9.17) is 11.6 Å². The summed E-state index contributed by atoms with van der Waals surface area (Å²) in [6.45, 7) is 4.24. The summed E-state index contributed by atoms with van der Waals surface area (Å²) in [4.78, 5) is 4.32. The molecule has 0 aliphatic carbocycles. The van der Waals surface area contributed by atoms with E-state index in [0.717, 1.165) is 24.5 Å². The van der Waals surface area contributed by atoms with E-state index in [9.17, 15) is 0 Å². The van der Waals surface area contributed by atoms with Gasteiger partial charge in [0.2, 0.25) is 0 Å². The van der Waals surface area contributed by atoms with Crippen LogP contribution in [-0.2, 0) is 0 Å². The van der Waals surface area contributed by atoms with Gasteiger partial charge in [-0.25, -0.2) is 0 Å². The van der Waals surface area contributed by atoms with Crippen LogP contribution in [0.5, 0.6) is 0 Å². The summed E-state index contributed by atoms with van der Waals surface area (Å²) in [5.74, 6) is 0.980. The predicted molar refractivity (Wildman–Crippen MR) is 83.4 cm³/mol. The zero-order valence-corrected chi connectivity index (χ0v) is 12.4. The lowest BCUT2D eigenvalue weighted by Gasteiger charge is -2.33. The minimum atomic E-state index is 0.463. The highest BCUT2D eigenvalue weighted by Crippen LogP contribution is 2.38. The Balaban J connectivity index is 1.98. The van der Waals surface area contributed by atoms with Crippen molar-refractivity contribution in [3.63, 3.8) is 0 Å². The second-order valence-corrected chi connectivity index (χ2v) is 5.93. The van der Waals surface area contributed by atoms with Gasteiger partial charge in [0.05, 0.1) is 0 Å². The molecule has 2 heterocycles. The van der Waals surface area contributed by atoms with E-state index in [-0.39, 0.29) is 0 Å². The normalized spacial score (nSPS) is 22.7. The van der Waals surface area contributed by atoms with Crippen molar-refractivity contribution in [1.29, 1.82) is 0 Å². The number of hydrogen-bond acceptors (Lipinski definition) is 2.